The summed E-state index contributed by atoms with van der Waals surface area (Å²) in [6.07, 6.45) is 2.03. The molecule has 0 amide bonds. The second-order valence-electron chi connectivity index (χ2n) is 4.19. The highest BCUT2D eigenvalue weighted by atomic mass is 32.2. The first-order valence-corrected chi connectivity index (χ1v) is 6.94. The lowest BCUT2D eigenvalue weighted by Crippen LogP contribution is -2.52. The summed E-state index contributed by atoms with van der Waals surface area (Å²) in [5.74, 6) is 1.65. The fourth-order valence-corrected chi connectivity index (χ4v) is 2.88. The topological polar surface area (TPSA) is 46.3 Å². The molecule has 1 heterocycles. The van der Waals surface area contributed by atoms with Crippen LogP contribution in [0.25, 0.3) is 0 Å². The normalized spacial score (nSPS) is 21.4. The van der Waals surface area contributed by atoms with Crippen molar-refractivity contribution in [2.45, 2.75) is 32.2 Å². The van der Waals surface area contributed by atoms with E-state index >= 15 is 0 Å². The van der Waals surface area contributed by atoms with Gasteiger partial charge in [-0.3, -0.25) is 9.11 Å². The highest BCUT2D eigenvalue weighted by Crippen LogP contribution is 2.14. The van der Waals surface area contributed by atoms with Crippen LogP contribution in [0.5, 0.6) is 0 Å². The smallest absolute Gasteiger partial charge is 0.0363 e. The van der Waals surface area contributed by atoms with Gasteiger partial charge >= 0.3 is 0 Å². The van der Waals surface area contributed by atoms with Gasteiger partial charge in [-0.25, -0.2) is 0 Å². The van der Waals surface area contributed by atoms with Gasteiger partial charge in [0.1, 0.15) is 0 Å². The molecule has 1 fully saturated rings. The van der Waals surface area contributed by atoms with Gasteiger partial charge in [0.2, 0.25) is 0 Å². The van der Waals surface area contributed by atoms with Crippen LogP contribution in [-0.2, 0) is 10.8 Å². The van der Waals surface area contributed by atoms with Crippen LogP contribution in [0.3, 0.4) is 0 Å². The van der Waals surface area contributed by atoms with E-state index < -0.39 is 10.8 Å². The van der Waals surface area contributed by atoms with Crippen LogP contribution >= 0.6 is 0 Å². The Morgan fingerprint density at radius 2 is 1.79 bits per heavy atom. The molecule has 14 heavy (non-hydrogen) atoms. The molecule has 0 saturated carbocycles. The molecule has 2 N–H and O–H groups in total. The second kappa shape index (κ2) is 5.24. The molecule has 0 aromatic rings. The summed E-state index contributed by atoms with van der Waals surface area (Å²) in [6.45, 7) is 7.14. The quantitative estimate of drug-likeness (QED) is 0.750. The van der Waals surface area contributed by atoms with Crippen molar-refractivity contribution in [3.63, 3.8) is 0 Å². The number of nitrogens with zero attached hydrogens (tertiary/aromatic N) is 1. The van der Waals surface area contributed by atoms with E-state index in [4.69, 9.17) is 5.73 Å². The highest BCUT2D eigenvalue weighted by Gasteiger charge is 2.25. The van der Waals surface area contributed by atoms with Crippen LogP contribution in [0.1, 0.15) is 26.7 Å². The Balaban J connectivity index is 2.40. The first-order valence-electron chi connectivity index (χ1n) is 5.46. The highest BCUT2D eigenvalue weighted by molar-refractivity contribution is 7.85. The number of hydrogen-bond donors (Lipinski definition) is 1. The Morgan fingerprint density at radius 3 is 2.21 bits per heavy atom. The van der Waals surface area contributed by atoms with E-state index in [1.165, 1.54) is 0 Å². The predicted octanol–water partition coefficient (Wildman–Crippen LogP) is 0.568. The van der Waals surface area contributed by atoms with Crippen LogP contribution in [0.4, 0.5) is 0 Å². The van der Waals surface area contributed by atoms with Gasteiger partial charge in [0, 0.05) is 47.5 Å². The van der Waals surface area contributed by atoms with Crippen molar-refractivity contribution < 1.29 is 4.21 Å². The maximum absolute atomic E-state index is 11.2. The Kier molecular flexibility index (Phi) is 4.54. The molecule has 0 spiro atoms. The minimum atomic E-state index is -0.576. The largest absolute Gasteiger partial charge is 0.324 e. The molecule has 0 aliphatic carbocycles. The lowest BCUT2D eigenvalue weighted by molar-refractivity contribution is 0.213. The summed E-state index contributed by atoms with van der Waals surface area (Å²) in [5.41, 5.74) is 6.20. The molecule has 4 heteroatoms. The summed E-state index contributed by atoms with van der Waals surface area (Å²) < 4.78 is 11.2. The van der Waals surface area contributed by atoms with E-state index in [1.54, 1.807) is 0 Å². The summed E-state index contributed by atoms with van der Waals surface area (Å²) in [6, 6.07) is 0. The van der Waals surface area contributed by atoms with E-state index in [9.17, 15) is 4.21 Å². The van der Waals surface area contributed by atoms with Crippen molar-refractivity contribution in [2.75, 3.05) is 31.1 Å². The van der Waals surface area contributed by atoms with Gasteiger partial charge in [-0.15, -0.1) is 0 Å². The number of rotatable bonds is 4. The van der Waals surface area contributed by atoms with Crippen molar-refractivity contribution in [1.82, 2.24) is 4.90 Å². The average Bonchev–Trinajstić information content (AvgIpc) is 2.21. The Hall–Kier alpha value is 0.0700. The van der Waals surface area contributed by atoms with E-state index in [-0.39, 0.29) is 5.54 Å². The van der Waals surface area contributed by atoms with Gasteiger partial charge in [0.15, 0.2) is 0 Å². The standard InChI is InChI=1S/C10H22N2OS/c1-3-10(11,4-2)9-12-5-7-14(13)8-6-12/h3-9,11H2,1-2H3. The average molecular weight is 218 g/mol. The first kappa shape index (κ1) is 12.1. The van der Waals surface area contributed by atoms with Crippen LogP contribution in [0.2, 0.25) is 0 Å². The maximum atomic E-state index is 11.2. The molecule has 0 aromatic heterocycles. The zero-order chi connectivity index (χ0) is 10.6. The fraction of sp³-hybridized carbons (Fsp3) is 1.00. The first-order chi connectivity index (χ1) is 6.59. The summed E-state index contributed by atoms with van der Waals surface area (Å²) in [5, 5.41) is 0. The Bertz CT molecular complexity index is 194. The van der Waals surface area contributed by atoms with Gasteiger partial charge in [0.25, 0.3) is 0 Å². The Morgan fingerprint density at radius 1 is 1.29 bits per heavy atom. The van der Waals surface area contributed by atoms with Gasteiger partial charge in [-0.1, -0.05) is 13.8 Å². The van der Waals surface area contributed by atoms with E-state index in [0.29, 0.717) is 0 Å². The molecular formula is C10H22N2OS. The van der Waals surface area contributed by atoms with Crippen molar-refractivity contribution in [3.8, 4) is 0 Å². The molecule has 1 rings (SSSR count). The fourth-order valence-electron chi connectivity index (χ4n) is 1.75. The molecule has 0 bridgehead atoms. The molecule has 1 saturated heterocycles. The van der Waals surface area contributed by atoms with Gasteiger partial charge in [0.05, 0.1) is 0 Å². The molecule has 1 aliphatic heterocycles. The van der Waals surface area contributed by atoms with E-state index in [2.05, 4.69) is 18.7 Å². The van der Waals surface area contributed by atoms with Crippen molar-refractivity contribution in [2.24, 2.45) is 5.73 Å². The summed E-state index contributed by atoms with van der Waals surface area (Å²) in [4.78, 5) is 2.36. The molecule has 1 aliphatic rings. The minimum Gasteiger partial charge on any atom is -0.324 e. The molecule has 0 atom stereocenters. The lowest BCUT2D eigenvalue weighted by Gasteiger charge is -2.35. The third-order valence-corrected chi connectivity index (χ3v) is 4.49. The molecule has 0 unspecified atom stereocenters. The molecule has 0 radical (unpaired) electrons. The van der Waals surface area contributed by atoms with Crippen molar-refractivity contribution >= 4 is 10.8 Å². The van der Waals surface area contributed by atoms with Crippen molar-refractivity contribution in [3.05, 3.63) is 0 Å². The monoisotopic (exact) mass is 218 g/mol. The molecular weight excluding hydrogens is 196 g/mol. The van der Waals surface area contributed by atoms with Gasteiger partial charge in [-0.05, 0) is 12.8 Å². The molecule has 0 aromatic carbocycles. The number of nitrogens with two attached hydrogens (primary N) is 1. The maximum Gasteiger partial charge on any atom is 0.0363 e. The third kappa shape index (κ3) is 3.33. The predicted molar refractivity (Wildman–Crippen MR) is 61.8 cm³/mol. The third-order valence-electron chi connectivity index (χ3n) is 3.22. The zero-order valence-corrected chi connectivity index (χ0v) is 10.1. The van der Waals surface area contributed by atoms with Gasteiger partial charge in [-0.2, -0.15) is 0 Å². The number of hydrogen-bond acceptors (Lipinski definition) is 3. The van der Waals surface area contributed by atoms with Crippen molar-refractivity contribution in [1.29, 1.82) is 0 Å². The second-order valence-corrected chi connectivity index (χ2v) is 5.89. The van der Waals surface area contributed by atoms with Gasteiger partial charge < -0.3 is 5.73 Å². The molecule has 3 nitrogen and oxygen atoms in total. The zero-order valence-electron chi connectivity index (χ0n) is 9.29. The minimum absolute atomic E-state index is 0.0428. The van der Waals surface area contributed by atoms with Crippen LogP contribution in [0, 0.1) is 0 Å². The van der Waals surface area contributed by atoms with E-state index in [1.807, 2.05) is 0 Å². The lowest BCUT2D eigenvalue weighted by atomic mass is 9.93. The summed E-state index contributed by atoms with van der Waals surface area (Å²) in [7, 11) is -0.576. The SMILES string of the molecule is CCC(N)(CC)CN1CCS(=O)CC1. The van der Waals surface area contributed by atoms with Crippen LogP contribution in [-0.4, -0.2) is 45.8 Å². The Labute approximate surface area is 89.5 Å². The van der Waals surface area contributed by atoms with Crippen LogP contribution < -0.4 is 5.73 Å². The van der Waals surface area contributed by atoms with E-state index in [0.717, 1.165) is 44.0 Å². The van der Waals surface area contributed by atoms with Crippen LogP contribution in [0.15, 0.2) is 0 Å². The summed E-state index contributed by atoms with van der Waals surface area (Å²) >= 11 is 0. The molecule has 84 valence electrons.